The molecule has 1 aromatic heterocycles. The van der Waals surface area contributed by atoms with E-state index in [1.807, 2.05) is 30.8 Å². The van der Waals surface area contributed by atoms with Crippen molar-refractivity contribution in [3.8, 4) is 0 Å². The van der Waals surface area contributed by atoms with E-state index in [1.165, 1.54) is 11.5 Å². The smallest absolute Gasteiger partial charge is 0.222 e. The highest BCUT2D eigenvalue weighted by Crippen LogP contribution is 2.22. The lowest BCUT2D eigenvalue weighted by Crippen LogP contribution is -2.39. The summed E-state index contributed by atoms with van der Waals surface area (Å²) in [6.45, 7) is 0. The van der Waals surface area contributed by atoms with Crippen LogP contribution in [0.3, 0.4) is 0 Å². The first-order valence-corrected chi connectivity index (χ1v) is 9.01. The summed E-state index contributed by atoms with van der Waals surface area (Å²) in [5, 5.41) is 12.1. The summed E-state index contributed by atoms with van der Waals surface area (Å²) < 4.78 is 1.65. The van der Waals surface area contributed by atoms with Gasteiger partial charge in [0.15, 0.2) is 0 Å². The molecular formula is C12H21N5OS2. The van der Waals surface area contributed by atoms with E-state index >= 15 is 0 Å². The molecule has 1 aliphatic rings. The van der Waals surface area contributed by atoms with E-state index in [4.69, 9.17) is 0 Å². The number of tetrazole rings is 1. The Morgan fingerprint density at radius 1 is 1.50 bits per heavy atom. The van der Waals surface area contributed by atoms with Gasteiger partial charge in [-0.1, -0.05) is 11.8 Å². The molecule has 1 amide bonds. The molecular weight excluding hydrogens is 294 g/mol. The third kappa shape index (κ3) is 4.37. The van der Waals surface area contributed by atoms with Crippen LogP contribution in [0.4, 0.5) is 0 Å². The van der Waals surface area contributed by atoms with Crippen molar-refractivity contribution in [1.82, 2.24) is 25.1 Å². The minimum Gasteiger partial charge on any atom is -0.343 e. The van der Waals surface area contributed by atoms with Crippen LogP contribution in [0.2, 0.25) is 0 Å². The molecule has 0 atom stereocenters. The lowest BCUT2D eigenvalue weighted by molar-refractivity contribution is -0.132. The average molecular weight is 315 g/mol. The first-order valence-electron chi connectivity index (χ1n) is 6.87. The molecule has 0 radical (unpaired) electrons. The highest BCUT2D eigenvalue weighted by molar-refractivity contribution is 7.99. The second-order valence-corrected chi connectivity index (χ2v) is 7.17. The molecule has 0 aromatic carbocycles. The Hall–Kier alpha value is -0.760. The van der Waals surface area contributed by atoms with Gasteiger partial charge < -0.3 is 4.90 Å². The molecule has 0 bridgehead atoms. The summed E-state index contributed by atoms with van der Waals surface area (Å²) in [6, 6.07) is 0.444. The predicted molar refractivity (Wildman–Crippen MR) is 81.9 cm³/mol. The third-order valence-electron chi connectivity index (χ3n) is 3.48. The van der Waals surface area contributed by atoms with Gasteiger partial charge in [-0.2, -0.15) is 11.8 Å². The van der Waals surface area contributed by atoms with Gasteiger partial charge in [0.05, 0.1) is 0 Å². The third-order valence-corrected chi connectivity index (χ3v) is 5.62. The Kier molecular flexibility index (Phi) is 6.15. The van der Waals surface area contributed by atoms with Crippen LogP contribution in [0.1, 0.15) is 25.7 Å². The number of carbonyl (C=O) groups excluding carboxylic acids is 1. The number of hydrogen-bond donors (Lipinski definition) is 0. The number of aryl methyl sites for hydroxylation is 1. The molecule has 0 spiro atoms. The van der Waals surface area contributed by atoms with Gasteiger partial charge in [0, 0.05) is 32.3 Å². The topological polar surface area (TPSA) is 63.9 Å². The average Bonchev–Trinajstić information content (AvgIpc) is 2.89. The predicted octanol–water partition coefficient (Wildman–Crippen LogP) is 1.44. The van der Waals surface area contributed by atoms with Gasteiger partial charge in [0.2, 0.25) is 11.1 Å². The van der Waals surface area contributed by atoms with Gasteiger partial charge in [-0.15, -0.1) is 5.10 Å². The Balaban J connectivity index is 1.65. The molecule has 2 rings (SSSR count). The van der Waals surface area contributed by atoms with Crippen LogP contribution in [-0.2, 0) is 11.8 Å². The zero-order valence-corrected chi connectivity index (χ0v) is 13.6. The number of hydrogen-bond acceptors (Lipinski definition) is 6. The van der Waals surface area contributed by atoms with Crippen molar-refractivity contribution in [2.75, 3.05) is 24.3 Å². The van der Waals surface area contributed by atoms with E-state index < -0.39 is 0 Å². The Bertz CT molecular complexity index is 433. The first kappa shape index (κ1) is 15.6. The number of aromatic nitrogens is 4. The zero-order valence-electron chi connectivity index (χ0n) is 12.0. The highest BCUT2D eigenvalue weighted by atomic mass is 32.2. The fourth-order valence-corrected chi connectivity index (χ4v) is 4.05. The van der Waals surface area contributed by atoms with Gasteiger partial charge >= 0.3 is 0 Å². The highest BCUT2D eigenvalue weighted by Gasteiger charge is 2.21. The largest absolute Gasteiger partial charge is 0.343 e. The van der Waals surface area contributed by atoms with E-state index in [1.54, 1.807) is 16.4 Å². The molecule has 1 aromatic rings. The summed E-state index contributed by atoms with van der Waals surface area (Å²) in [7, 11) is 3.77. The van der Waals surface area contributed by atoms with E-state index in [9.17, 15) is 4.79 Å². The fourth-order valence-electron chi connectivity index (χ4n) is 2.18. The van der Waals surface area contributed by atoms with Gasteiger partial charge in [-0.05, 0) is 41.2 Å². The summed E-state index contributed by atoms with van der Waals surface area (Å²) in [6.07, 6.45) is 3.74. The number of nitrogens with zero attached hydrogens (tertiary/aromatic N) is 5. The van der Waals surface area contributed by atoms with Crippen molar-refractivity contribution in [2.45, 2.75) is 36.9 Å². The summed E-state index contributed by atoms with van der Waals surface area (Å²) >= 11 is 3.58. The number of rotatable bonds is 6. The monoisotopic (exact) mass is 315 g/mol. The summed E-state index contributed by atoms with van der Waals surface area (Å²) in [4.78, 5) is 14.1. The number of thioether (sulfide) groups is 2. The molecule has 0 unspecified atom stereocenters. The molecule has 112 valence electrons. The van der Waals surface area contributed by atoms with Gasteiger partial charge in [-0.3, -0.25) is 4.79 Å². The summed E-state index contributed by atoms with van der Waals surface area (Å²) in [5.41, 5.74) is 0. The normalized spacial score (nSPS) is 16.3. The van der Waals surface area contributed by atoms with Gasteiger partial charge in [0.25, 0.3) is 0 Å². The molecule has 20 heavy (non-hydrogen) atoms. The fraction of sp³-hybridized carbons (Fsp3) is 0.833. The molecule has 1 aliphatic heterocycles. The van der Waals surface area contributed by atoms with Crippen molar-refractivity contribution in [1.29, 1.82) is 0 Å². The van der Waals surface area contributed by atoms with Crippen molar-refractivity contribution in [3.05, 3.63) is 0 Å². The van der Waals surface area contributed by atoms with Crippen LogP contribution in [-0.4, -0.2) is 61.4 Å². The Morgan fingerprint density at radius 2 is 2.25 bits per heavy atom. The van der Waals surface area contributed by atoms with Crippen LogP contribution >= 0.6 is 23.5 Å². The molecule has 1 saturated heterocycles. The number of amides is 1. The van der Waals surface area contributed by atoms with Crippen molar-refractivity contribution in [3.63, 3.8) is 0 Å². The van der Waals surface area contributed by atoms with Gasteiger partial charge in [-0.25, -0.2) is 4.68 Å². The maximum atomic E-state index is 12.1. The maximum Gasteiger partial charge on any atom is 0.222 e. The molecule has 0 N–H and O–H groups in total. The lowest BCUT2D eigenvalue weighted by Gasteiger charge is -2.31. The van der Waals surface area contributed by atoms with Crippen LogP contribution in [0.25, 0.3) is 0 Å². The molecule has 0 saturated carbocycles. The zero-order chi connectivity index (χ0) is 14.4. The molecule has 2 heterocycles. The number of carbonyl (C=O) groups is 1. The second-order valence-electron chi connectivity index (χ2n) is 4.89. The van der Waals surface area contributed by atoms with Crippen LogP contribution < -0.4 is 0 Å². The van der Waals surface area contributed by atoms with Crippen LogP contribution in [0, 0.1) is 0 Å². The van der Waals surface area contributed by atoms with Crippen LogP contribution in [0.15, 0.2) is 5.16 Å². The van der Waals surface area contributed by atoms with Crippen LogP contribution in [0.5, 0.6) is 0 Å². The first-order chi connectivity index (χ1) is 9.68. The molecule has 8 heteroatoms. The second kappa shape index (κ2) is 7.87. The van der Waals surface area contributed by atoms with Crippen molar-refractivity contribution >= 4 is 29.4 Å². The van der Waals surface area contributed by atoms with E-state index in [2.05, 4.69) is 15.5 Å². The molecule has 0 aliphatic carbocycles. The lowest BCUT2D eigenvalue weighted by atomic mass is 10.1. The van der Waals surface area contributed by atoms with E-state index in [-0.39, 0.29) is 5.91 Å². The SMILES string of the molecule is CN(C(=O)CCCSc1nnnn1C)C1CCSCC1. The van der Waals surface area contributed by atoms with Gasteiger partial charge in [0.1, 0.15) is 0 Å². The van der Waals surface area contributed by atoms with E-state index in [0.29, 0.717) is 12.5 Å². The quantitative estimate of drug-likeness (QED) is 0.584. The molecule has 1 fully saturated rings. The van der Waals surface area contributed by atoms with Crippen molar-refractivity contribution < 1.29 is 4.79 Å². The summed E-state index contributed by atoms with van der Waals surface area (Å²) in [5.74, 6) is 3.49. The Labute approximate surface area is 128 Å². The maximum absolute atomic E-state index is 12.1. The Morgan fingerprint density at radius 3 is 2.90 bits per heavy atom. The standard InChI is InChI=1S/C12H21N5OS2/c1-16(10-5-8-19-9-6-10)11(18)4-3-7-20-12-13-14-15-17(12)2/h10H,3-9H2,1-2H3. The van der Waals surface area contributed by atoms with E-state index in [0.717, 1.165) is 30.2 Å². The molecule has 6 nitrogen and oxygen atoms in total. The van der Waals surface area contributed by atoms with Crippen molar-refractivity contribution in [2.24, 2.45) is 7.05 Å². The minimum absolute atomic E-state index is 0.263. The minimum atomic E-state index is 0.263.